The van der Waals surface area contributed by atoms with Crippen molar-refractivity contribution in [2.45, 2.75) is 24.7 Å². The molecule has 5 rings (SSSR count). The summed E-state index contributed by atoms with van der Waals surface area (Å²) in [5.41, 5.74) is 6.96. The predicted molar refractivity (Wildman–Crippen MR) is 126 cm³/mol. The summed E-state index contributed by atoms with van der Waals surface area (Å²) in [6, 6.07) is 13.1. The molecule has 2 heterocycles. The summed E-state index contributed by atoms with van der Waals surface area (Å²) in [5.74, 6) is 1.14. The van der Waals surface area contributed by atoms with E-state index in [2.05, 4.69) is 12.0 Å². The Balaban J connectivity index is 1.88. The maximum Gasteiger partial charge on any atom is 0.248 e. The Hall–Kier alpha value is -4.07. The number of hydrogen-bond donors (Lipinski definition) is 1. The van der Waals surface area contributed by atoms with Gasteiger partial charge in [0.15, 0.2) is 5.78 Å². The summed E-state index contributed by atoms with van der Waals surface area (Å²) < 4.78 is 13.9. The van der Waals surface area contributed by atoms with Crippen LogP contribution in [-0.2, 0) is 15.0 Å². The first-order chi connectivity index (χ1) is 16.4. The van der Waals surface area contributed by atoms with Crippen LogP contribution in [0.5, 0.6) is 0 Å². The smallest absolute Gasteiger partial charge is 0.248 e. The van der Waals surface area contributed by atoms with Gasteiger partial charge in [-0.1, -0.05) is 35.7 Å². The first-order valence-corrected chi connectivity index (χ1v) is 11.0. The number of allylic oxidation sites excluding steroid dienone is 1. The van der Waals surface area contributed by atoms with Gasteiger partial charge in [-0.25, -0.2) is 4.39 Å². The first-order valence-electron chi connectivity index (χ1n) is 10.6. The van der Waals surface area contributed by atoms with Crippen molar-refractivity contribution in [1.29, 1.82) is 5.26 Å². The number of ketones is 1. The molecule has 0 radical (unpaired) electrons. The number of rotatable bonds is 2. The van der Waals surface area contributed by atoms with Crippen molar-refractivity contribution in [2.75, 3.05) is 16.3 Å². The molecule has 2 aromatic rings. The number of fused-ring (bicyclic) bond motifs is 3. The molecular weight excluding hydrogens is 455 g/mol. The first kappa shape index (κ1) is 21.8. The number of Topliss-reactive ketones (excluding diaryl/α,β-unsaturated/α-hetero) is 1. The van der Waals surface area contributed by atoms with E-state index < -0.39 is 17.1 Å². The van der Waals surface area contributed by atoms with Crippen molar-refractivity contribution in [1.82, 2.24) is 0 Å². The molecule has 3 aliphatic rings. The van der Waals surface area contributed by atoms with Gasteiger partial charge >= 0.3 is 0 Å². The van der Waals surface area contributed by atoms with E-state index in [1.54, 1.807) is 29.2 Å². The van der Waals surface area contributed by atoms with Crippen LogP contribution in [-0.4, -0.2) is 18.2 Å². The molecule has 2 aromatic carbocycles. The number of benzene rings is 2. The van der Waals surface area contributed by atoms with E-state index in [1.165, 1.54) is 23.1 Å². The Kier molecular flexibility index (Phi) is 4.97. The molecule has 1 aliphatic carbocycles. The normalized spacial score (nSPS) is 21.5. The van der Waals surface area contributed by atoms with Crippen LogP contribution in [0.2, 0.25) is 5.02 Å². The zero-order valence-corrected chi connectivity index (χ0v) is 18.7. The zero-order chi connectivity index (χ0) is 24.2. The lowest BCUT2D eigenvalue weighted by Gasteiger charge is -2.43. The minimum atomic E-state index is -1.70. The summed E-state index contributed by atoms with van der Waals surface area (Å²) in [7, 11) is 0. The van der Waals surface area contributed by atoms with E-state index in [-0.39, 0.29) is 40.7 Å². The van der Waals surface area contributed by atoms with Crippen LogP contribution in [0, 0.1) is 29.5 Å². The molecule has 0 unspecified atom stereocenters. The number of carbonyl (C=O) groups excluding carboxylic acids is 2. The van der Waals surface area contributed by atoms with E-state index >= 15 is 0 Å². The number of anilines is 2. The van der Waals surface area contributed by atoms with Gasteiger partial charge < -0.3 is 5.73 Å². The number of nitriles is 1. The van der Waals surface area contributed by atoms with Crippen LogP contribution in [0.3, 0.4) is 0 Å². The number of nitrogens with zero attached hydrogens (tertiary/aromatic N) is 3. The lowest BCUT2D eigenvalue weighted by Crippen LogP contribution is -2.52. The largest absolute Gasteiger partial charge is 0.384 e. The second kappa shape index (κ2) is 7.76. The fraction of sp³-hybridized carbons (Fsp3) is 0.192. The average molecular weight is 473 g/mol. The molecule has 1 spiro atoms. The van der Waals surface area contributed by atoms with Gasteiger partial charge in [-0.3, -0.25) is 19.4 Å². The standard InChI is InChI=1S/C26H18ClFN4O2/c1-2-12-31-20-7-4-3-6-16(20)26(25(31)34)17(14-29)24(30)32(15-10-11-19(28)18(27)13-15)21-8-5-9-22(33)23(21)26/h1,3-4,6-7,10-11,13H,5,8-9,12,30H2/t26-/m0/s1. The van der Waals surface area contributed by atoms with Gasteiger partial charge in [0.2, 0.25) is 5.91 Å². The molecule has 1 atom stereocenters. The second-order valence-electron chi connectivity index (χ2n) is 8.27. The minimum absolute atomic E-state index is 0.00987. The van der Waals surface area contributed by atoms with E-state index in [9.17, 15) is 19.2 Å². The van der Waals surface area contributed by atoms with Crippen LogP contribution in [0.1, 0.15) is 24.8 Å². The number of terminal acetylenes is 1. The summed E-state index contributed by atoms with van der Waals surface area (Å²) >= 11 is 6.03. The van der Waals surface area contributed by atoms with Crippen molar-refractivity contribution < 1.29 is 14.0 Å². The van der Waals surface area contributed by atoms with Gasteiger partial charge in [0.05, 0.1) is 17.1 Å². The van der Waals surface area contributed by atoms with Crippen molar-refractivity contribution in [3.05, 3.63) is 81.5 Å². The predicted octanol–water partition coefficient (Wildman–Crippen LogP) is 3.92. The molecule has 0 saturated heterocycles. The van der Waals surface area contributed by atoms with Crippen molar-refractivity contribution in [3.63, 3.8) is 0 Å². The Morgan fingerprint density at radius 3 is 2.68 bits per heavy atom. The topological polar surface area (TPSA) is 90.4 Å². The van der Waals surface area contributed by atoms with Gasteiger partial charge in [-0.2, -0.15) is 5.26 Å². The van der Waals surface area contributed by atoms with Crippen molar-refractivity contribution in [2.24, 2.45) is 5.73 Å². The molecule has 34 heavy (non-hydrogen) atoms. The highest BCUT2D eigenvalue weighted by molar-refractivity contribution is 6.31. The van der Waals surface area contributed by atoms with Crippen molar-refractivity contribution in [3.8, 4) is 18.4 Å². The van der Waals surface area contributed by atoms with Crippen LogP contribution >= 0.6 is 11.6 Å². The van der Waals surface area contributed by atoms with E-state index in [1.807, 2.05) is 0 Å². The minimum Gasteiger partial charge on any atom is -0.384 e. The lowest BCUT2D eigenvalue weighted by atomic mass is 9.64. The Labute approximate surface area is 200 Å². The molecule has 8 heteroatoms. The highest BCUT2D eigenvalue weighted by Crippen LogP contribution is 2.56. The Morgan fingerprint density at radius 2 is 1.97 bits per heavy atom. The fourth-order valence-electron chi connectivity index (χ4n) is 5.30. The second-order valence-corrected chi connectivity index (χ2v) is 8.67. The SMILES string of the molecule is C#CCN1C(=O)[C@]2(C(C#N)=C(N)N(c3ccc(F)c(Cl)c3)C3=C2C(=O)CCC3)c2ccccc21. The fourth-order valence-corrected chi connectivity index (χ4v) is 5.47. The molecule has 168 valence electrons. The molecule has 0 fully saturated rings. The molecular formula is C26H18ClFN4O2. The molecule has 0 aromatic heterocycles. The molecule has 1 amide bonds. The van der Waals surface area contributed by atoms with Gasteiger partial charge in [0.25, 0.3) is 0 Å². The maximum atomic E-state index is 14.1. The number of amides is 1. The van der Waals surface area contributed by atoms with Gasteiger partial charge in [-0.15, -0.1) is 6.42 Å². The van der Waals surface area contributed by atoms with Gasteiger partial charge in [0.1, 0.15) is 23.1 Å². The number of nitrogens with two attached hydrogens (primary N) is 1. The van der Waals surface area contributed by atoms with Crippen LogP contribution < -0.4 is 15.5 Å². The summed E-state index contributed by atoms with van der Waals surface area (Å²) in [6.07, 6.45) is 6.74. The Morgan fingerprint density at radius 1 is 1.21 bits per heavy atom. The monoisotopic (exact) mass is 472 g/mol. The zero-order valence-electron chi connectivity index (χ0n) is 17.9. The lowest BCUT2D eigenvalue weighted by molar-refractivity contribution is -0.124. The van der Waals surface area contributed by atoms with Crippen LogP contribution in [0.4, 0.5) is 15.8 Å². The molecule has 2 aliphatic heterocycles. The third-order valence-corrected chi connectivity index (χ3v) is 6.88. The number of para-hydroxylation sites is 1. The number of hydrogen-bond acceptors (Lipinski definition) is 5. The van der Waals surface area contributed by atoms with Gasteiger partial charge in [-0.05, 0) is 37.1 Å². The van der Waals surface area contributed by atoms with E-state index in [4.69, 9.17) is 23.8 Å². The quantitative estimate of drug-likeness (QED) is 0.669. The maximum absolute atomic E-state index is 14.1. The van der Waals surface area contributed by atoms with E-state index in [0.717, 1.165) is 0 Å². The molecule has 0 bridgehead atoms. The average Bonchev–Trinajstić information content (AvgIpc) is 3.06. The molecule has 2 N–H and O–H groups in total. The summed E-state index contributed by atoms with van der Waals surface area (Å²) in [6.45, 7) is -0.0235. The van der Waals surface area contributed by atoms with Crippen molar-refractivity contribution >= 4 is 34.7 Å². The number of halogens is 2. The van der Waals surface area contributed by atoms with E-state index in [0.29, 0.717) is 35.5 Å². The van der Waals surface area contributed by atoms with Crippen LogP contribution in [0.25, 0.3) is 0 Å². The third kappa shape index (κ3) is 2.68. The number of carbonyl (C=O) groups is 2. The highest BCUT2D eigenvalue weighted by Gasteiger charge is 2.62. The molecule has 0 saturated carbocycles. The summed E-state index contributed by atoms with van der Waals surface area (Å²) in [4.78, 5) is 30.6. The van der Waals surface area contributed by atoms with Crippen LogP contribution in [0.15, 0.2) is 65.1 Å². The third-order valence-electron chi connectivity index (χ3n) is 6.59. The van der Waals surface area contributed by atoms with Gasteiger partial charge in [0, 0.05) is 34.6 Å². The molecule has 6 nitrogen and oxygen atoms in total. The Bertz CT molecular complexity index is 1430. The summed E-state index contributed by atoms with van der Waals surface area (Å²) in [5, 5.41) is 10.2. The highest BCUT2D eigenvalue weighted by atomic mass is 35.5.